The molecule has 1 rings (SSSR count). The molecule has 0 aromatic heterocycles. The molecule has 0 spiro atoms. The molecule has 1 atom stereocenters. The van der Waals surface area contributed by atoms with E-state index in [0.717, 1.165) is 32.6 Å². The van der Waals surface area contributed by atoms with Gasteiger partial charge in [0.1, 0.15) is 9.84 Å². The van der Waals surface area contributed by atoms with E-state index >= 15 is 0 Å². The predicted molar refractivity (Wildman–Crippen MR) is 72.1 cm³/mol. The molecule has 1 fully saturated rings. The SMILES string of the molecule is CCCC1CN(CCCS(=O)(=O)CC)CCN1. The van der Waals surface area contributed by atoms with E-state index < -0.39 is 9.84 Å². The molecule has 1 saturated heterocycles. The molecule has 0 radical (unpaired) electrons. The standard InChI is InChI=1S/C12H26N2O2S/c1-3-6-12-11-14(9-7-13-12)8-5-10-17(15,16)4-2/h12-13H,3-11H2,1-2H3. The summed E-state index contributed by atoms with van der Waals surface area (Å²) in [7, 11) is -2.79. The molecule has 102 valence electrons. The van der Waals surface area contributed by atoms with Crippen molar-refractivity contribution in [3.63, 3.8) is 0 Å². The summed E-state index contributed by atoms with van der Waals surface area (Å²) in [5.41, 5.74) is 0. The second-order valence-corrected chi connectivity index (χ2v) is 7.30. The second-order valence-electron chi connectivity index (χ2n) is 4.83. The van der Waals surface area contributed by atoms with Crippen molar-refractivity contribution in [2.24, 2.45) is 0 Å². The third kappa shape index (κ3) is 5.84. The van der Waals surface area contributed by atoms with Gasteiger partial charge < -0.3 is 10.2 Å². The fraction of sp³-hybridized carbons (Fsp3) is 1.00. The Labute approximate surface area is 106 Å². The maximum Gasteiger partial charge on any atom is 0.150 e. The van der Waals surface area contributed by atoms with Gasteiger partial charge in [-0.1, -0.05) is 20.3 Å². The summed E-state index contributed by atoms with van der Waals surface area (Å²) in [6.45, 7) is 7.99. The fourth-order valence-corrected chi connectivity index (χ4v) is 3.15. The molecule has 1 N–H and O–H groups in total. The summed E-state index contributed by atoms with van der Waals surface area (Å²) < 4.78 is 22.8. The van der Waals surface area contributed by atoms with Crippen LogP contribution < -0.4 is 5.32 Å². The second kappa shape index (κ2) is 7.34. The molecule has 0 aromatic rings. The van der Waals surface area contributed by atoms with Crippen molar-refractivity contribution in [3.8, 4) is 0 Å². The summed E-state index contributed by atoms with van der Waals surface area (Å²) in [4.78, 5) is 2.39. The average Bonchev–Trinajstić information content (AvgIpc) is 2.30. The van der Waals surface area contributed by atoms with E-state index in [1.807, 2.05) is 0 Å². The lowest BCUT2D eigenvalue weighted by atomic mass is 10.1. The fourth-order valence-electron chi connectivity index (χ4n) is 2.29. The lowest BCUT2D eigenvalue weighted by Gasteiger charge is -2.33. The summed E-state index contributed by atoms with van der Waals surface area (Å²) in [6, 6.07) is 0.594. The molecule has 0 saturated carbocycles. The average molecular weight is 262 g/mol. The van der Waals surface area contributed by atoms with Gasteiger partial charge >= 0.3 is 0 Å². The molecule has 1 aliphatic heterocycles. The summed E-state index contributed by atoms with van der Waals surface area (Å²) >= 11 is 0. The van der Waals surface area contributed by atoms with Crippen molar-refractivity contribution in [2.45, 2.75) is 39.2 Å². The lowest BCUT2D eigenvalue weighted by Crippen LogP contribution is -2.50. The smallest absolute Gasteiger partial charge is 0.150 e. The normalized spacial score (nSPS) is 22.8. The van der Waals surface area contributed by atoms with Gasteiger partial charge in [-0.3, -0.25) is 0 Å². The van der Waals surface area contributed by atoms with Gasteiger partial charge in [-0.25, -0.2) is 8.42 Å². The highest BCUT2D eigenvalue weighted by Gasteiger charge is 2.18. The van der Waals surface area contributed by atoms with E-state index in [9.17, 15) is 8.42 Å². The third-order valence-electron chi connectivity index (χ3n) is 3.35. The minimum atomic E-state index is -2.79. The minimum absolute atomic E-state index is 0.271. The molecular formula is C12H26N2O2S. The predicted octanol–water partition coefficient (Wildman–Crippen LogP) is 0.885. The first-order valence-electron chi connectivity index (χ1n) is 6.73. The van der Waals surface area contributed by atoms with Gasteiger partial charge in [-0.05, 0) is 19.4 Å². The summed E-state index contributed by atoms with van der Waals surface area (Å²) in [6.07, 6.45) is 3.19. The maximum atomic E-state index is 11.4. The number of rotatable bonds is 7. The van der Waals surface area contributed by atoms with E-state index in [4.69, 9.17) is 0 Å². The van der Waals surface area contributed by atoms with Gasteiger partial charge in [0.2, 0.25) is 0 Å². The van der Waals surface area contributed by atoms with Gasteiger partial charge in [0.05, 0.1) is 5.75 Å². The molecule has 1 aliphatic rings. The van der Waals surface area contributed by atoms with Gasteiger partial charge in [-0.2, -0.15) is 0 Å². The zero-order chi connectivity index (χ0) is 12.7. The van der Waals surface area contributed by atoms with Crippen LogP contribution in [0.1, 0.15) is 33.1 Å². The van der Waals surface area contributed by atoms with E-state index in [1.165, 1.54) is 12.8 Å². The number of sulfone groups is 1. The van der Waals surface area contributed by atoms with Crippen LogP contribution in [-0.4, -0.2) is 57.0 Å². The zero-order valence-electron chi connectivity index (χ0n) is 11.1. The van der Waals surface area contributed by atoms with E-state index in [-0.39, 0.29) is 5.75 Å². The van der Waals surface area contributed by atoms with E-state index in [1.54, 1.807) is 6.92 Å². The van der Waals surface area contributed by atoms with Crippen LogP contribution in [0.2, 0.25) is 0 Å². The Morgan fingerprint density at radius 3 is 2.76 bits per heavy atom. The minimum Gasteiger partial charge on any atom is -0.311 e. The van der Waals surface area contributed by atoms with Gasteiger partial charge in [-0.15, -0.1) is 0 Å². The van der Waals surface area contributed by atoms with E-state index in [2.05, 4.69) is 17.1 Å². The van der Waals surface area contributed by atoms with E-state index in [0.29, 0.717) is 11.8 Å². The Kier molecular flexibility index (Phi) is 6.44. The molecule has 5 heteroatoms. The van der Waals surface area contributed by atoms with Crippen molar-refractivity contribution in [2.75, 3.05) is 37.7 Å². The van der Waals surface area contributed by atoms with Crippen LogP contribution in [0, 0.1) is 0 Å². The van der Waals surface area contributed by atoms with Gasteiger partial charge in [0.25, 0.3) is 0 Å². The van der Waals surface area contributed by atoms with Crippen LogP contribution in [-0.2, 0) is 9.84 Å². The van der Waals surface area contributed by atoms with Crippen LogP contribution in [0.4, 0.5) is 0 Å². The number of nitrogens with zero attached hydrogens (tertiary/aromatic N) is 1. The van der Waals surface area contributed by atoms with Gasteiger partial charge in [0.15, 0.2) is 0 Å². The van der Waals surface area contributed by atoms with Crippen molar-refractivity contribution in [1.82, 2.24) is 10.2 Å². The van der Waals surface area contributed by atoms with Crippen LogP contribution in [0.25, 0.3) is 0 Å². The number of hydrogen-bond acceptors (Lipinski definition) is 4. The van der Waals surface area contributed by atoms with Crippen LogP contribution in [0.15, 0.2) is 0 Å². The van der Waals surface area contributed by atoms with Crippen molar-refractivity contribution in [3.05, 3.63) is 0 Å². The molecule has 1 unspecified atom stereocenters. The highest BCUT2D eigenvalue weighted by Crippen LogP contribution is 2.06. The molecule has 4 nitrogen and oxygen atoms in total. The van der Waals surface area contributed by atoms with Crippen LogP contribution in [0.5, 0.6) is 0 Å². The van der Waals surface area contributed by atoms with Crippen molar-refractivity contribution < 1.29 is 8.42 Å². The quantitative estimate of drug-likeness (QED) is 0.740. The first kappa shape index (κ1) is 14.9. The zero-order valence-corrected chi connectivity index (χ0v) is 11.9. The molecular weight excluding hydrogens is 236 g/mol. The maximum absolute atomic E-state index is 11.4. The Balaban J connectivity index is 2.23. The monoisotopic (exact) mass is 262 g/mol. The Morgan fingerprint density at radius 2 is 2.12 bits per heavy atom. The summed E-state index contributed by atoms with van der Waals surface area (Å²) in [5.74, 6) is 0.610. The van der Waals surface area contributed by atoms with Crippen LogP contribution in [0.3, 0.4) is 0 Å². The van der Waals surface area contributed by atoms with Crippen molar-refractivity contribution >= 4 is 9.84 Å². The molecule has 1 heterocycles. The Hall–Kier alpha value is -0.130. The van der Waals surface area contributed by atoms with Crippen molar-refractivity contribution in [1.29, 1.82) is 0 Å². The molecule has 0 aromatic carbocycles. The summed E-state index contributed by atoms with van der Waals surface area (Å²) in [5, 5.41) is 3.51. The van der Waals surface area contributed by atoms with Gasteiger partial charge in [0, 0.05) is 31.4 Å². The molecule has 0 bridgehead atoms. The lowest BCUT2D eigenvalue weighted by molar-refractivity contribution is 0.194. The molecule has 0 aliphatic carbocycles. The number of nitrogens with one attached hydrogen (secondary N) is 1. The first-order valence-corrected chi connectivity index (χ1v) is 8.55. The highest BCUT2D eigenvalue weighted by molar-refractivity contribution is 7.91. The Bertz CT molecular complexity index is 302. The molecule has 0 amide bonds. The highest BCUT2D eigenvalue weighted by atomic mass is 32.2. The number of piperazine rings is 1. The largest absolute Gasteiger partial charge is 0.311 e. The first-order chi connectivity index (χ1) is 8.07. The Morgan fingerprint density at radius 1 is 1.35 bits per heavy atom. The number of hydrogen-bond donors (Lipinski definition) is 1. The third-order valence-corrected chi connectivity index (χ3v) is 5.14. The molecule has 17 heavy (non-hydrogen) atoms. The van der Waals surface area contributed by atoms with Crippen LogP contribution >= 0.6 is 0 Å². The topological polar surface area (TPSA) is 49.4 Å².